The Morgan fingerprint density at radius 2 is 2.00 bits per heavy atom. The first-order valence-electron chi connectivity index (χ1n) is 11.2. The van der Waals surface area contributed by atoms with Crippen molar-refractivity contribution in [3.8, 4) is 0 Å². The fourth-order valence-corrected chi connectivity index (χ4v) is 5.34. The SMILES string of the molecule is CN1CCCCCC1C(=O)N1CCC2(CCC(=O)N(Cc3cccnc3)C2)CC1. The minimum absolute atomic E-state index is 0.0570. The third-order valence-corrected chi connectivity index (χ3v) is 7.29. The molecule has 3 aliphatic heterocycles. The lowest BCUT2D eigenvalue weighted by Crippen LogP contribution is -2.54. The zero-order valence-corrected chi connectivity index (χ0v) is 17.7. The highest BCUT2D eigenvalue weighted by molar-refractivity contribution is 5.82. The second-order valence-electron chi connectivity index (χ2n) is 9.28. The molecule has 6 heteroatoms. The van der Waals surface area contributed by atoms with Gasteiger partial charge in [0, 0.05) is 45.0 Å². The van der Waals surface area contributed by atoms with E-state index in [1.165, 1.54) is 12.8 Å². The number of hydrogen-bond donors (Lipinski definition) is 0. The first-order chi connectivity index (χ1) is 14.1. The van der Waals surface area contributed by atoms with Crippen LogP contribution in [-0.4, -0.2) is 70.8 Å². The van der Waals surface area contributed by atoms with Crippen LogP contribution in [0.1, 0.15) is 56.9 Å². The van der Waals surface area contributed by atoms with Crippen LogP contribution in [0.25, 0.3) is 0 Å². The van der Waals surface area contributed by atoms with Crippen molar-refractivity contribution in [2.24, 2.45) is 5.41 Å². The van der Waals surface area contributed by atoms with Crippen LogP contribution in [0, 0.1) is 5.41 Å². The molecule has 3 fully saturated rings. The van der Waals surface area contributed by atoms with E-state index in [2.05, 4.69) is 21.8 Å². The van der Waals surface area contributed by atoms with Crippen molar-refractivity contribution in [1.29, 1.82) is 0 Å². The van der Waals surface area contributed by atoms with Gasteiger partial charge >= 0.3 is 0 Å². The number of amides is 2. The number of rotatable bonds is 3. The predicted octanol–water partition coefficient (Wildman–Crippen LogP) is 2.69. The van der Waals surface area contributed by atoms with Crippen LogP contribution >= 0.6 is 0 Å². The van der Waals surface area contributed by atoms with Gasteiger partial charge in [-0.2, -0.15) is 0 Å². The first kappa shape index (κ1) is 20.3. The van der Waals surface area contributed by atoms with Crippen molar-refractivity contribution in [3.05, 3.63) is 30.1 Å². The van der Waals surface area contributed by atoms with Crippen LogP contribution in [-0.2, 0) is 16.1 Å². The second kappa shape index (κ2) is 8.82. The van der Waals surface area contributed by atoms with Crippen LogP contribution in [0.5, 0.6) is 0 Å². The molecule has 2 amide bonds. The molecule has 0 aliphatic carbocycles. The molecule has 0 N–H and O–H groups in total. The predicted molar refractivity (Wildman–Crippen MR) is 112 cm³/mol. The summed E-state index contributed by atoms with van der Waals surface area (Å²) >= 11 is 0. The number of nitrogens with zero attached hydrogens (tertiary/aromatic N) is 4. The monoisotopic (exact) mass is 398 g/mol. The standard InChI is InChI=1S/C23H34N4O2/c1-25-13-4-2-3-7-20(25)22(29)26-14-10-23(11-15-26)9-8-21(28)27(18-23)17-19-6-5-12-24-16-19/h5-6,12,16,20H,2-4,7-11,13-15,17-18H2,1H3. The zero-order valence-electron chi connectivity index (χ0n) is 17.7. The molecule has 0 aromatic carbocycles. The van der Waals surface area contributed by atoms with Crippen LogP contribution in [0.4, 0.5) is 0 Å². The quantitative estimate of drug-likeness (QED) is 0.786. The van der Waals surface area contributed by atoms with Gasteiger partial charge in [0.25, 0.3) is 0 Å². The lowest BCUT2D eigenvalue weighted by Gasteiger charge is -2.48. The molecule has 0 saturated carbocycles. The number of likely N-dealkylation sites (N-methyl/N-ethyl adjacent to an activating group) is 1. The number of piperidine rings is 2. The minimum Gasteiger partial charge on any atom is -0.341 e. The average Bonchev–Trinajstić information content (AvgIpc) is 2.96. The summed E-state index contributed by atoms with van der Waals surface area (Å²) in [6, 6.07) is 4.02. The van der Waals surface area contributed by atoms with E-state index in [0.29, 0.717) is 18.9 Å². The maximum atomic E-state index is 13.2. The lowest BCUT2D eigenvalue weighted by molar-refractivity contribution is -0.145. The summed E-state index contributed by atoms with van der Waals surface area (Å²) in [6.45, 7) is 4.14. The van der Waals surface area contributed by atoms with Crippen LogP contribution in [0.2, 0.25) is 0 Å². The molecule has 1 spiro atoms. The van der Waals surface area contributed by atoms with E-state index in [9.17, 15) is 9.59 Å². The largest absolute Gasteiger partial charge is 0.341 e. The fourth-order valence-electron chi connectivity index (χ4n) is 5.34. The molecule has 6 nitrogen and oxygen atoms in total. The molecule has 1 aromatic heterocycles. The Morgan fingerprint density at radius 3 is 2.76 bits per heavy atom. The van der Waals surface area contributed by atoms with E-state index in [-0.39, 0.29) is 17.4 Å². The number of carbonyl (C=O) groups is 2. The Hall–Kier alpha value is -1.95. The van der Waals surface area contributed by atoms with Crippen LogP contribution in [0.3, 0.4) is 0 Å². The number of hydrogen-bond acceptors (Lipinski definition) is 4. The average molecular weight is 399 g/mol. The topological polar surface area (TPSA) is 56.8 Å². The molecule has 3 aliphatic rings. The van der Waals surface area contributed by atoms with Crippen molar-refractivity contribution in [1.82, 2.24) is 19.7 Å². The van der Waals surface area contributed by atoms with E-state index in [0.717, 1.165) is 63.8 Å². The van der Waals surface area contributed by atoms with Gasteiger partial charge in [0.1, 0.15) is 0 Å². The van der Waals surface area contributed by atoms with Gasteiger partial charge in [-0.15, -0.1) is 0 Å². The van der Waals surface area contributed by atoms with Gasteiger partial charge in [0.15, 0.2) is 0 Å². The van der Waals surface area contributed by atoms with Gasteiger partial charge in [-0.3, -0.25) is 19.5 Å². The molecular weight excluding hydrogens is 364 g/mol. The van der Waals surface area contributed by atoms with Crippen LogP contribution < -0.4 is 0 Å². The summed E-state index contributed by atoms with van der Waals surface area (Å²) in [5, 5.41) is 0. The highest BCUT2D eigenvalue weighted by atomic mass is 16.2. The van der Waals surface area contributed by atoms with Crippen molar-refractivity contribution >= 4 is 11.8 Å². The Bertz CT molecular complexity index is 715. The molecule has 29 heavy (non-hydrogen) atoms. The highest BCUT2D eigenvalue weighted by Crippen LogP contribution is 2.41. The summed E-state index contributed by atoms with van der Waals surface area (Å²) < 4.78 is 0. The lowest BCUT2D eigenvalue weighted by atomic mass is 9.72. The van der Waals surface area contributed by atoms with E-state index < -0.39 is 0 Å². The Kier molecular flexibility index (Phi) is 6.18. The molecule has 3 saturated heterocycles. The summed E-state index contributed by atoms with van der Waals surface area (Å²) in [6.07, 6.45) is 11.8. The van der Waals surface area contributed by atoms with E-state index in [1.54, 1.807) is 6.20 Å². The van der Waals surface area contributed by atoms with Gasteiger partial charge in [0.2, 0.25) is 11.8 Å². The molecule has 1 unspecified atom stereocenters. The van der Waals surface area contributed by atoms with Crippen LogP contribution in [0.15, 0.2) is 24.5 Å². The smallest absolute Gasteiger partial charge is 0.239 e. The van der Waals surface area contributed by atoms with Crippen molar-refractivity contribution in [2.45, 2.75) is 64.0 Å². The summed E-state index contributed by atoms with van der Waals surface area (Å²) in [7, 11) is 2.10. The molecular formula is C23H34N4O2. The summed E-state index contributed by atoms with van der Waals surface area (Å²) in [5.74, 6) is 0.571. The Labute approximate surface area is 174 Å². The summed E-state index contributed by atoms with van der Waals surface area (Å²) in [4.78, 5) is 36.2. The van der Waals surface area contributed by atoms with Gasteiger partial charge in [-0.05, 0) is 62.7 Å². The first-order valence-corrected chi connectivity index (χ1v) is 11.2. The fraction of sp³-hybridized carbons (Fsp3) is 0.696. The van der Waals surface area contributed by atoms with Gasteiger partial charge in [0.05, 0.1) is 6.04 Å². The molecule has 1 atom stereocenters. The number of aromatic nitrogens is 1. The maximum Gasteiger partial charge on any atom is 0.239 e. The van der Waals surface area contributed by atoms with E-state index >= 15 is 0 Å². The third-order valence-electron chi connectivity index (χ3n) is 7.29. The highest BCUT2D eigenvalue weighted by Gasteiger charge is 2.42. The number of likely N-dealkylation sites (tertiary alicyclic amines) is 3. The van der Waals surface area contributed by atoms with E-state index in [1.807, 2.05) is 23.2 Å². The zero-order chi connectivity index (χ0) is 20.3. The minimum atomic E-state index is 0.0570. The molecule has 4 heterocycles. The molecule has 1 aromatic rings. The van der Waals surface area contributed by atoms with Gasteiger partial charge in [-0.25, -0.2) is 0 Å². The maximum absolute atomic E-state index is 13.2. The van der Waals surface area contributed by atoms with Crippen molar-refractivity contribution in [3.63, 3.8) is 0 Å². The van der Waals surface area contributed by atoms with Crippen molar-refractivity contribution < 1.29 is 9.59 Å². The third kappa shape index (κ3) is 4.63. The molecule has 0 radical (unpaired) electrons. The summed E-state index contributed by atoms with van der Waals surface area (Å²) in [5.41, 5.74) is 1.25. The molecule has 0 bridgehead atoms. The van der Waals surface area contributed by atoms with Crippen molar-refractivity contribution in [2.75, 3.05) is 33.2 Å². The molecule has 158 valence electrons. The molecule has 4 rings (SSSR count). The van der Waals surface area contributed by atoms with E-state index in [4.69, 9.17) is 0 Å². The number of pyridine rings is 1. The number of carbonyl (C=O) groups excluding carboxylic acids is 2. The Morgan fingerprint density at radius 1 is 1.17 bits per heavy atom. The van der Waals surface area contributed by atoms with Gasteiger partial charge in [-0.1, -0.05) is 18.9 Å². The Balaban J connectivity index is 1.36. The van der Waals surface area contributed by atoms with Gasteiger partial charge < -0.3 is 9.80 Å². The second-order valence-corrected chi connectivity index (χ2v) is 9.28. The normalized spacial score (nSPS) is 25.8.